The quantitative estimate of drug-likeness (QED) is 0.00850. The summed E-state index contributed by atoms with van der Waals surface area (Å²) in [6.45, 7) is 16.9. The Kier molecular flexibility index (Phi) is 30.3. The molecule has 4 aromatic heterocycles. The van der Waals surface area contributed by atoms with Crippen molar-refractivity contribution in [1.29, 1.82) is 0 Å². The number of nitrogens with two attached hydrogens (primary N) is 1. The predicted molar refractivity (Wildman–Crippen MR) is 341 cm³/mol. The van der Waals surface area contributed by atoms with E-state index < -0.39 is 12.2 Å². The maximum absolute atomic E-state index is 13.1. The molecule has 5 aromatic rings. The molecule has 6 N–H and O–H groups in total. The van der Waals surface area contributed by atoms with Crippen LogP contribution in [0.1, 0.15) is 116 Å². The van der Waals surface area contributed by atoms with Crippen LogP contribution >= 0.6 is 0 Å². The van der Waals surface area contributed by atoms with E-state index in [0.29, 0.717) is 152 Å². The Morgan fingerprint density at radius 2 is 1.54 bits per heavy atom. The van der Waals surface area contributed by atoms with Gasteiger partial charge in [-0.05, 0) is 123 Å². The van der Waals surface area contributed by atoms with Crippen molar-refractivity contribution in [3.8, 4) is 11.3 Å². The third-order valence-electron chi connectivity index (χ3n) is 16.5. The van der Waals surface area contributed by atoms with Crippen molar-refractivity contribution in [1.82, 2.24) is 39.9 Å². The van der Waals surface area contributed by atoms with Crippen molar-refractivity contribution in [3.05, 3.63) is 77.4 Å². The molecule has 496 valence electrons. The monoisotopic (exact) mass is 1250 g/mol. The number of hydrogen-bond donors (Lipinski definition) is 5. The van der Waals surface area contributed by atoms with Crippen LogP contribution in [0.3, 0.4) is 0 Å². The van der Waals surface area contributed by atoms with Crippen LogP contribution in [0.25, 0.3) is 33.3 Å². The van der Waals surface area contributed by atoms with Crippen molar-refractivity contribution in [2.24, 2.45) is 28.8 Å². The number of fused-ring (bicyclic) bond motifs is 3. The highest BCUT2D eigenvalue weighted by Crippen LogP contribution is 2.33. The van der Waals surface area contributed by atoms with Gasteiger partial charge in [0.1, 0.15) is 41.8 Å². The van der Waals surface area contributed by atoms with Crippen LogP contribution in [0.4, 0.5) is 5.82 Å². The third kappa shape index (κ3) is 23.0. The van der Waals surface area contributed by atoms with Crippen molar-refractivity contribution in [2.45, 2.75) is 143 Å². The number of aromatic amines is 1. The molecule has 0 spiro atoms. The number of hydrogen-bond acceptors (Lipinski definition) is 20. The Balaban J connectivity index is 0.660. The lowest BCUT2D eigenvalue weighted by molar-refractivity contribution is -0.135. The number of aromatic nitrogens is 6. The molecule has 0 radical (unpaired) electrons. The highest BCUT2D eigenvalue weighted by molar-refractivity contribution is 5.99. The lowest BCUT2D eigenvalue weighted by Crippen LogP contribution is -2.40. The number of aliphatic hydroxyl groups excluding tert-OH is 2. The predicted octanol–water partition coefficient (Wildman–Crippen LogP) is 7.16. The second kappa shape index (κ2) is 38.4. The van der Waals surface area contributed by atoms with Gasteiger partial charge in [0.05, 0.1) is 109 Å². The number of oxime groups is 1. The minimum absolute atomic E-state index is 0.0586. The molecule has 1 aromatic carbocycles. The summed E-state index contributed by atoms with van der Waals surface area (Å²) in [5, 5.41) is 35.2. The van der Waals surface area contributed by atoms with E-state index in [0.717, 1.165) is 91.1 Å². The number of H-pyrrole nitrogens is 1. The van der Waals surface area contributed by atoms with Gasteiger partial charge in [-0.3, -0.25) is 14.4 Å². The number of amides is 2. The van der Waals surface area contributed by atoms with Crippen molar-refractivity contribution in [2.75, 3.05) is 112 Å². The van der Waals surface area contributed by atoms with Crippen molar-refractivity contribution < 1.29 is 67.3 Å². The summed E-state index contributed by atoms with van der Waals surface area (Å²) in [4.78, 5) is 61.0. The average Bonchev–Trinajstić information content (AvgIpc) is 2.26. The van der Waals surface area contributed by atoms with Crippen LogP contribution in [-0.4, -0.2) is 199 Å². The van der Waals surface area contributed by atoms with Gasteiger partial charge >= 0.3 is 0 Å². The molecule has 90 heavy (non-hydrogen) atoms. The Hall–Kier alpha value is -6.48. The summed E-state index contributed by atoms with van der Waals surface area (Å²) in [5.74, 6) is 0.944. The number of benzene rings is 1. The number of allylic oxidation sites excluding steroid dienone is 1. The highest BCUT2D eigenvalue weighted by atomic mass is 16.6. The van der Waals surface area contributed by atoms with Crippen LogP contribution < -0.4 is 11.1 Å². The van der Waals surface area contributed by atoms with Crippen LogP contribution in [0, 0.1) is 23.7 Å². The molecule has 1 fully saturated rings. The number of carbonyl (C=O) groups is 3. The van der Waals surface area contributed by atoms with Gasteiger partial charge in [0.2, 0.25) is 5.91 Å². The summed E-state index contributed by atoms with van der Waals surface area (Å²) in [7, 11) is 1.53. The van der Waals surface area contributed by atoms with Crippen molar-refractivity contribution in [3.63, 3.8) is 0 Å². The van der Waals surface area contributed by atoms with Gasteiger partial charge in [-0.2, -0.15) is 5.10 Å². The summed E-state index contributed by atoms with van der Waals surface area (Å²) >= 11 is 0. The van der Waals surface area contributed by atoms with Crippen LogP contribution in [0.5, 0.6) is 0 Å². The molecule has 0 bridgehead atoms. The molecule has 1 aliphatic heterocycles. The number of carbonyl (C=O) groups excluding carboxylic acids is 3. The van der Waals surface area contributed by atoms with E-state index in [1.165, 1.54) is 19.0 Å². The van der Waals surface area contributed by atoms with E-state index in [2.05, 4.69) is 69.4 Å². The number of anilines is 1. The van der Waals surface area contributed by atoms with Gasteiger partial charge in [0.25, 0.3) is 12.4 Å². The zero-order chi connectivity index (χ0) is 64.0. The molecule has 2 aliphatic rings. The number of nitrogens with zero attached hydrogens (tertiary/aromatic N) is 7. The molecule has 7 rings (SSSR count). The van der Waals surface area contributed by atoms with Gasteiger partial charge in [-0.1, -0.05) is 57.1 Å². The molecule has 5 heterocycles. The molecular formula is C66H98N10O14. The Bertz CT molecular complexity index is 3020. The van der Waals surface area contributed by atoms with Gasteiger partial charge in [-0.15, -0.1) is 0 Å². The summed E-state index contributed by atoms with van der Waals surface area (Å²) in [5.41, 5.74) is 14.0. The van der Waals surface area contributed by atoms with E-state index in [1.54, 1.807) is 6.20 Å². The fraction of sp³-hybridized carbons (Fsp3) is 0.636. The molecule has 1 saturated carbocycles. The lowest BCUT2D eigenvalue weighted by Gasteiger charge is -2.29. The van der Waals surface area contributed by atoms with E-state index in [4.69, 9.17) is 53.6 Å². The fourth-order valence-electron chi connectivity index (χ4n) is 11.7. The molecule has 0 saturated heterocycles. The second-order valence-electron chi connectivity index (χ2n) is 24.0. The summed E-state index contributed by atoms with van der Waals surface area (Å²) in [6, 6.07) is 10.4. The summed E-state index contributed by atoms with van der Waals surface area (Å²) < 4.78 is 46.9. The first-order valence-corrected chi connectivity index (χ1v) is 32.1. The van der Waals surface area contributed by atoms with Crippen LogP contribution in [0.2, 0.25) is 0 Å². The number of rotatable bonds is 43. The molecule has 5 atom stereocenters. The topological polar surface area (TPSA) is 301 Å². The van der Waals surface area contributed by atoms with E-state index >= 15 is 0 Å². The second-order valence-corrected chi connectivity index (χ2v) is 24.0. The Labute approximate surface area is 529 Å². The number of ether oxygens (including phenoxy) is 8. The van der Waals surface area contributed by atoms with Gasteiger partial charge in [0.15, 0.2) is 12.3 Å². The molecule has 0 unspecified atom stereocenters. The number of nitrogens with one attached hydrogen (secondary N) is 2. The standard InChI is InChI=1S/C66H98N10O14/c1-45(2)35-47(4)60(63(82-6)62(81)48(5)36-46(3)7-15-56(89-44-77)16-11-49-9-13-55(78)14-10-49)74-90-42-57(79)68-21-24-84-26-28-86-30-32-88-34-33-87-31-29-85-27-25-83-23-19-58(80)75-22-18-51-37-50(8-12-53(51)41-75)40-76-66-59(64(67)71-43-72-66)61(73-76)54-38-52-17-20-69-65(52)70-39-54/h8,12,17,20,36-39,43-47,49,55-56,62-63,78,81H,7,9-11,13-16,18-19,21-35,40-42H2,1-6H3,(H,68,79)(H,69,70)(H2,67,71,72)/b48-36+,74-60+/t46-,47+,49?,55?,56-,62+,63-/m0/s1. The Morgan fingerprint density at radius 1 is 0.856 bits per heavy atom. The van der Waals surface area contributed by atoms with E-state index in [9.17, 15) is 24.6 Å². The lowest BCUT2D eigenvalue weighted by atomic mass is 9.83. The first-order chi connectivity index (χ1) is 43.7. The number of methoxy groups -OCH3 is 1. The van der Waals surface area contributed by atoms with Crippen LogP contribution in [-0.2, 0) is 76.6 Å². The maximum Gasteiger partial charge on any atom is 0.293 e. The first kappa shape index (κ1) is 71.0. The molecule has 2 amide bonds. The Morgan fingerprint density at radius 3 is 2.22 bits per heavy atom. The normalized spacial score (nSPS) is 17.3. The SMILES string of the molecule is CO[C@@H](/C(=N/OCC(=O)NCCOCCOCCOCCOCCOCCOCCC(=O)N1CCc2cc(Cn3nc(-c4cnc5[nH]ccc5c4)c4c(N)ncnc43)ccc2C1)[C@H](C)CC(C)C)[C@H](O)/C(C)=C/[C@@H](C)CC[C@@H](CCC1CCC(O)CC1)OC=O. The molecule has 1 aliphatic carbocycles. The number of aliphatic hydroxyl groups is 2. The molecular weight excluding hydrogens is 1160 g/mol. The van der Waals surface area contributed by atoms with Crippen LogP contribution in [0.15, 0.2) is 65.9 Å². The largest absolute Gasteiger partial charge is 0.465 e. The van der Waals surface area contributed by atoms with Gasteiger partial charge < -0.3 is 73.9 Å². The van der Waals surface area contributed by atoms with E-state index in [-0.39, 0.29) is 55.6 Å². The maximum atomic E-state index is 13.1. The average molecular weight is 1260 g/mol. The first-order valence-electron chi connectivity index (χ1n) is 32.1. The highest BCUT2D eigenvalue weighted by Gasteiger charge is 2.32. The zero-order valence-corrected chi connectivity index (χ0v) is 53.7. The fourth-order valence-corrected chi connectivity index (χ4v) is 11.7. The smallest absolute Gasteiger partial charge is 0.293 e. The minimum atomic E-state index is -1.00. The molecule has 24 heteroatoms. The third-order valence-corrected chi connectivity index (χ3v) is 16.5. The van der Waals surface area contributed by atoms with Crippen molar-refractivity contribution >= 4 is 51.9 Å². The van der Waals surface area contributed by atoms with E-state index in [1.807, 2.05) is 47.8 Å². The van der Waals surface area contributed by atoms with Gasteiger partial charge in [0, 0.05) is 56.0 Å². The van der Waals surface area contributed by atoms with Gasteiger partial charge in [-0.25, -0.2) is 19.6 Å². The zero-order valence-electron chi connectivity index (χ0n) is 53.7. The molecule has 24 nitrogen and oxygen atoms in total. The minimum Gasteiger partial charge on any atom is -0.465 e. The number of pyridine rings is 1. The number of nitrogen functional groups attached to an aromatic ring is 1. The summed E-state index contributed by atoms with van der Waals surface area (Å²) in [6.07, 6.45) is 13.7.